The first-order chi connectivity index (χ1) is 13.5. The fraction of sp³-hybridized carbons (Fsp3) is 0.273. The molecule has 0 saturated carbocycles. The zero-order valence-electron chi connectivity index (χ0n) is 16.2. The Kier molecular flexibility index (Phi) is 6.52. The smallest absolute Gasteiger partial charge is 0.266 e. The molecule has 1 atom stereocenters. The van der Waals surface area contributed by atoms with Crippen LogP contribution in [-0.2, 0) is 4.79 Å². The molecule has 6 heteroatoms. The number of hydrogen-bond acceptors (Lipinski definition) is 4. The lowest BCUT2D eigenvalue weighted by Gasteiger charge is -2.12. The van der Waals surface area contributed by atoms with E-state index >= 15 is 0 Å². The minimum atomic E-state index is -0.312. The normalized spacial score (nSPS) is 18.1. The first-order valence-corrected chi connectivity index (χ1v) is 10.1. The maximum atomic E-state index is 13.1. The summed E-state index contributed by atoms with van der Waals surface area (Å²) in [4.78, 5) is 19.5. The lowest BCUT2D eigenvalue weighted by atomic mass is 10.2. The highest BCUT2D eigenvalue weighted by Gasteiger charge is 2.32. The summed E-state index contributed by atoms with van der Waals surface area (Å²) >= 11 is 1.33. The number of hydrogen-bond donors (Lipinski definition) is 0. The van der Waals surface area contributed by atoms with Crippen molar-refractivity contribution in [1.29, 1.82) is 0 Å². The molecule has 0 aromatic heterocycles. The Bertz CT molecular complexity index is 892. The lowest BCUT2D eigenvalue weighted by molar-refractivity contribution is -0.122. The van der Waals surface area contributed by atoms with E-state index in [1.807, 2.05) is 44.2 Å². The number of rotatable bonds is 6. The second kappa shape index (κ2) is 9.06. The number of nitrogens with zero attached hydrogens (tertiary/aromatic N) is 2. The molecule has 1 fully saturated rings. The molecule has 28 heavy (non-hydrogen) atoms. The van der Waals surface area contributed by atoms with Gasteiger partial charge in [-0.05, 0) is 80.1 Å². The standard InChI is InChI=1S/C22H23FN2O2S/c1-4-15(3)27-19-12-6-16(7-13-19)14-20-21(26)25(5-2)22(28-20)24-18-10-8-17(23)9-11-18/h6-15H,4-5H2,1-3H3/b20-14+,24-22?/t15-/m1/s1. The van der Waals surface area contributed by atoms with Gasteiger partial charge in [0.05, 0.1) is 16.7 Å². The molecule has 0 aliphatic carbocycles. The minimum Gasteiger partial charge on any atom is -0.491 e. The van der Waals surface area contributed by atoms with Gasteiger partial charge in [-0.3, -0.25) is 9.69 Å². The molecular weight excluding hydrogens is 375 g/mol. The van der Waals surface area contributed by atoms with Crippen molar-refractivity contribution >= 4 is 34.6 Å². The Hall–Kier alpha value is -2.60. The van der Waals surface area contributed by atoms with Crippen LogP contribution in [0.3, 0.4) is 0 Å². The maximum Gasteiger partial charge on any atom is 0.266 e. The van der Waals surface area contributed by atoms with Gasteiger partial charge < -0.3 is 4.74 Å². The van der Waals surface area contributed by atoms with Crippen molar-refractivity contribution in [3.05, 3.63) is 64.8 Å². The van der Waals surface area contributed by atoms with E-state index < -0.39 is 0 Å². The molecule has 0 radical (unpaired) electrons. The summed E-state index contributed by atoms with van der Waals surface area (Å²) in [7, 11) is 0. The topological polar surface area (TPSA) is 41.9 Å². The van der Waals surface area contributed by atoms with Crippen molar-refractivity contribution in [3.8, 4) is 5.75 Å². The van der Waals surface area contributed by atoms with E-state index in [4.69, 9.17) is 4.74 Å². The van der Waals surface area contributed by atoms with E-state index in [-0.39, 0.29) is 17.8 Å². The Morgan fingerprint density at radius 2 is 1.82 bits per heavy atom. The number of likely N-dealkylation sites (N-methyl/N-ethyl adjacent to an activating group) is 1. The highest BCUT2D eigenvalue weighted by atomic mass is 32.2. The van der Waals surface area contributed by atoms with E-state index in [0.717, 1.165) is 17.7 Å². The highest BCUT2D eigenvalue weighted by Crippen LogP contribution is 2.34. The van der Waals surface area contributed by atoms with Gasteiger partial charge in [0.2, 0.25) is 0 Å². The predicted octanol–water partition coefficient (Wildman–Crippen LogP) is 5.63. The van der Waals surface area contributed by atoms with Crippen LogP contribution in [0, 0.1) is 5.82 Å². The molecule has 4 nitrogen and oxygen atoms in total. The first kappa shape index (κ1) is 20.1. The van der Waals surface area contributed by atoms with E-state index in [1.165, 1.54) is 23.9 Å². The van der Waals surface area contributed by atoms with Gasteiger partial charge in [0.25, 0.3) is 5.91 Å². The molecule has 1 aliphatic rings. The average Bonchev–Trinajstić information content (AvgIpc) is 2.99. The number of amidine groups is 1. The molecule has 1 heterocycles. The van der Waals surface area contributed by atoms with Crippen LogP contribution in [0.15, 0.2) is 58.4 Å². The molecular formula is C22H23FN2O2S. The summed E-state index contributed by atoms with van der Waals surface area (Å²) in [5.74, 6) is 0.428. The van der Waals surface area contributed by atoms with Crippen molar-refractivity contribution < 1.29 is 13.9 Å². The first-order valence-electron chi connectivity index (χ1n) is 9.32. The fourth-order valence-corrected chi connectivity index (χ4v) is 3.67. The van der Waals surface area contributed by atoms with Crippen molar-refractivity contribution in [2.24, 2.45) is 4.99 Å². The summed E-state index contributed by atoms with van der Waals surface area (Å²) in [5, 5.41) is 0.599. The van der Waals surface area contributed by atoms with Crippen LogP contribution in [0.2, 0.25) is 0 Å². The van der Waals surface area contributed by atoms with E-state index in [0.29, 0.717) is 22.3 Å². The van der Waals surface area contributed by atoms with Crippen molar-refractivity contribution in [1.82, 2.24) is 4.90 Å². The van der Waals surface area contributed by atoms with E-state index in [9.17, 15) is 9.18 Å². The minimum absolute atomic E-state index is 0.0757. The van der Waals surface area contributed by atoms with Gasteiger partial charge in [-0.25, -0.2) is 9.38 Å². The van der Waals surface area contributed by atoms with Crippen LogP contribution in [-0.4, -0.2) is 28.6 Å². The Balaban J connectivity index is 1.80. The molecule has 3 rings (SSSR count). The molecule has 1 saturated heterocycles. The van der Waals surface area contributed by atoms with Gasteiger partial charge in [0, 0.05) is 6.54 Å². The van der Waals surface area contributed by atoms with Gasteiger partial charge in [-0.15, -0.1) is 0 Å². The van der Waals surface area contributed by atoms with E-state index in [1.54, 1.807) is 17.0 Å². The summed E-state index contributed by atoms with van der Waals surface area (Å²) in [5.41, 5.74) is 1.54. The number of amides is 1. The van der Waals surface area contributed by atoms with Crippen LogP contribution in [0.5, 0.6) is 5.75 Å². The van der Waals surface area contributed by atoms with Gasteiger partial charge >= 0.3 is 0 Å². The molecule has 2 aromatic carbocycles. The third kappa shape index (κ3) is 4.81. The summed E-state index contributed by atoms with van der Waals surface area (Å²) in [6, 6.07) is 13.6. The summed E-state index contributed by atoms with van der Waals surface area (Å²) < 4.78 is 18.9. The number of ether oxygens (including phenoxy) is 1. The third-order valence-corrected chi connectivity index (χ3v) is 5.35. The van der Waals surface area contributed by atoms with Crippen molar-refractivity contribution in [2.75, 3.05) is 6.54 Å². The summed E-state index contributed by atoms with van der Waals surface area (Å²) in [6.45, 7) is 6.54. The van der Waals surface area contributed by atoms with Gasteiger partial charge in [-0.2, -0.15) is 0 Å². The second-order valence-corrected chi connectivity index (χ2v) is 7.45. The van der Waals surface area contributed by atoms with Crippen LogP contribution in [0.4, 0.5) is 10.1 Å². The number of thioether (sulfide) groups is 1. The van der Waals surface area contributed by atoms with Gasteiger partial charge in [0.15, 0.2) is 5.17 Å². The molecule has 0 bridgehead atoms. The van der Waals surface area contributed by atoms with Crippen LogP contribution in [0.1, 0.15) is 32.8 Å². The average molecular weight is 399 g/mol. The van der Waals surface area contributed by atoms with Gasteiger partial charge in [-0.1, -0.05) is 19.1 Å². The summed E-state index contributed by atoms with van der Waals surface area (Å²) in [6.07, 6.45) is 2.97. The molecule has 1 aliphatic heterocycles. The molecule has 0 N–H and O–H groups in total. The quantitative estimate of drug-likeness (QED) is 0.593. The zero-order chi connectivity index (χ0) is 20.1. The Labute approximate surface area is 169 Å². The highest BCUT2D eigenvalue weighted by molar-refractivity contribution is 8.18. The number of carbonyl (C=O) groups excluding carboxylic acids is 1. The van der Waals surface area contributed by atoms with Crippen molar-refractivity contribution in [3.63, 3.8) is 0 Å². The number of aliphatic imine (C=N–C) groups is 1. The van der Waals surface area contributed by atoms with E-state index in [2.05, 4.69) is 11.9 Å². The van der Waals surface area contributed by atoms with Crippen LogP contribution < -0.4 is 4.74 Å². The molecule has 2 aromatic rings. The Morgan fingerprint density at radius 1 is 1.14 bits per heavy atom. The molecule has 1 amide bonds. The lowest BCUT2D eigenvalue weighted by Crippen LogP contribution is -2.28. The number of benzene rings is 2. The van der Waals surface area contributed by atoms with Gasteiger partial charge in [0.1, 0.15) is 11.6 Å². The second-order valence-electron chi connectivity index (χ2n) is 6.44. The molecule has 0 unspecified atom stereocenters. The van der Waals surface area contributed by atoms with Crippen LogP contribution >= 0.6 is 11.8 Å². The predicted molar refractivity (Wildman–Crippen MR) is 113 cm³/mol. The largest absolute Gasteiger partial charge is 0.491 e. The SMILES string of the molecule is CC[C@@H](C)Oc1ccc(/C=C2/SC(=Nc3ccc(F)cc3)N(CC)C2=O)cc1. The zero-order valence-corrected chi connectivity index (χ0v) is 17.0. The maximum absolute atomic E-state index is 13.1. The van der Waals surface area contributed by atoms with Crippen LogP contribution in [0.25, 0.3) is 6.08 Å². The molecule has 146 valence electrons. The third-order valence-electron chi connectivity index (χ3n) is 4.35. The van der Waals surface area contributed by atoms with Crippen molar-refractivity contribution in [2.45, 2.75) is 33.3 Å². The fourth-order valence-electron chi connectivity index (χ4n) is 2.61. The number of carbonyl (C=O) groups is 1. The number of halogens is 1. The molecule has 0 spiro atoms. The Morgan fingerprint density at radius 3 is 2.43 bits per heavy atom. The monoisotopic (exact) mass is 398 g/mol.